The first-order chi connectivity index (χ1) is 24.1. The Hall–Kier alpha value is -4.45. The van der Waals surface area contributed by atoms with Crippen LogP contribution < -0.4 is 14.4 Å². The van der Waals surface area contributed by atoms with Gasteiger partial charge < -0.3 is 18.9 Å². The van der Waals surface area contributed by atoms with Gasteiger partial charge >= 0.3 is 12.1 Å². The van der Waals surface area contributed by atoms with Crippen LogP contribution in [0.5, 0.6) is 11.5 Å². The Morgan fingerprint density at radius 1 is 0.960 bits per heavy atom. The molecule has 2 atom stereocenters. The molecule has 3 aliphatic rings. The summed E-state index contributed by atoms with van der Waals surface area (Å²) in [5, 5.41) is 0.629. The van der Waals surface area contributed by atoms with Crippen LogP contribution in [0.3, 0.4) is 0 Å². The van der Waals surface area contributed by atoms with Gasteiger partial charge in [0.05, 0.1) is 42.1 Å². The Labute approximate surface area is 298 Å². The van der Waals surface area contributed by atoms with E-state index in [9.17, 15) is 14.0 Å². The smallest absolute Gasteiger partial charge is 0.415 e. The van der Waals surface area contributed by atoms with Crippen LogP contribution in [0.25, 0.3) is 0 Å². The Bertz CT molecular complexity index is 1840. The number of fused-ring (bicyclic) bond motifs is 3. The van der Waals surface area contributed by atoms with E-state index >= 15 is 4.39 Å². The monoisotopic (exact) mass is 725 g/mol. The topological polar surface area (TPSA) is 90.4 Å². The highest BCUT2D eigenvalue weighted by molar-refractivity contribution is 6.35. The first-order valence-corrected chi connectivity index (χ1v) is 16.8. The molecule has 1 amide bonds. The highest BCUT2D eigenvalue weighted by atomic mass is 35.5. The number of ether oxygens (including phenoxy) is 4. The van der Waals surface area contributed by atoms with Crippen LogP contribution in [0.1, 0.15) is 46.0 Å². The van der Waals surface area contributed by atoms with Crippen LogP contribution >= 0.6 is 23.2 Å². The average Bonchev–Trinajstić information content (AvgIpc) is 3.13. The number of carbonyl (C=O) groups is 2. The number of aromatic nitrogens is 1. The van der Waals surface area contributed by atoms with Crippen LogP contribution in [0.15, 0.2) is 73.1 Å². The summed E-state index contributed by atoms with van der Waals surface area (Å²) in [6, 6.07) is 15.1. The number of amides is 1. The van der Waals surface area contributed by atoms with Crippen molar-refractivity contribution in [3.05, 3.63) is 117 Å². The molecule has 13 heteroatoms. The lowest BCUT2D eigenvalue weighted by atomic mass is 9.86. The van der Waals surface area contributed by atoms with E-state index in [1.54, 1.807) is 30.3 Å². The number of hydrogen-bond acceptors (Lipinski definition) is 8. The standard InChI is InChI=1S/C37H35Cl2F2N3O6/c1-47-31-11-10-25(16-33(31)48-2)32(17-26-27(38)18-42-19-28(26)39)49-36(45)24-8-6-22(7-9-24)20-44(30-5-3-4-29(40)35(30)41)37(46)50-34-21-43-14-12-23(34)13-15-43/h3-11,16,18-19,23,32,34H,12-15,17,20-21H2,1-2H3/t32-,34-/m0/s1. The van der Waals surface area contributed by atoms with Crippen molar-refractivity contribution in [3.63, 3.8) is 0 Å². The molecule has 2 bridgehead atoms. The van der Waals surface area contributed by atoms with Gasteiger partial charge in [-0.3, -0.25) is 14.8 Å². The number of benzene rings is 3. The molecule has 0 N–H and O–H groups in total. The van der Waals surface area contributed by atoms with E-state index in [0.29, 0.717) is 44.8 Å². The molecule has 0 aliphatic carbocycles. The van der Waals surface area contributed by atoms with Crippen molar-refractivity contribution < 1.29 is 37.3 Å². The lowest BCUT2D eigenvalue weighted by molar-refractivity contribution is -0.0311. The second-order valence-electron chi connectivity index (χ2n) is 12.2. The fourth-order valence-electron chi connectivity index (χ4n) is 6.41. The molecular formula is C37H35Cl2F2N3O6. The summed E-state index contributed by atoms with van der Waals surface area (Å²) in [6.45, 7) is 2.38. The third-order valence-electron chi connectivity index (χ3n) is 9.19. The molecule has 262 valence electrons. The maximum Gasteiger partial charge on any atom is 0.415 e. The number of piperidine rings is 3. The molecule has 3 fully saturated rings. The summed E-state index contributed by atoms with van der Waals surface area (Å²) in [5.74, 6) is -1.73. The van der Waals surface area contributed by atoms with Gasteiger partial charge in [-0.25, -0.2) is 18.4 Å². The second-order valence-corrected chi connectivity index (χ2v) is 13.0. The molecule has 1 aromatic heterocycles. The molecule has 0 saturated carbocycles. The molecular weight excluding hydrogens is 691 g/mol. The van der Waals surface area contributed by atoms with Gasteiger partial charge in [0.15, 0.2) is 23.1 Å². The Morgan fingerprint density at radius 3 is 2.30 bits per heavy atom. The molecule has 4 aromatic rings. The largest absolute Gasteiger partial charge is 0.493 e. The highest BCUT2D eigenvalue weighted by Crippen LogP contribution is 2.36. The minimum absolute atomic E-state index is 0.134. The second kappa shape index (κ2) is 15.6. The molecule has 0 radical (unpaired) electrons. The predicted molar refractivity (Wildman–Crippen MR) is 184 cm³/mol. The summed E-state index contributed by atoms with van der Waals surface area (Å²) >= 11 is 12.8. The third kappa shape index (κ3) is 7.80. The van der Waals surface area contributed by atoms with Gasteiger partial charge in [-0.15, -0.1) is 0 Å². The van der Waals surface area contributed by atoms with Crippen molar-refractivity contribution >= 4 is 41.0 Å². The number of anilines is 1. The van der Waals surface area contributed by atoms with Crippen molar-refractivity contribution in [1.82, 2.24) is 9.88 Å². The molecule has 3 aromatic carbocycles. The lowest BCUT2D eigenvalue weighted by Gasteiger charge is -2.44. The SMILES string of the molecule is COc1ccc([C@H](Cc2c(Cl)cncc2Cl)OC(=O)c2ccc(CN(C(=O)O[C@H]3CN4CCC3CC4)c3cccc(F)c3F)cc2)cc1OC. The van der Waals surface area contributed by atoms with Crippen molar-refractivity contribution in [1.29, 1.82) is 0 Å². The number of carbonyl (C=O) groups excluding carboxylic acids is 2. The third-order valence-corrected chi connectivity index (χ3v) is 9.84. The molecule has 4 heterocycles. The van der Waals surface area contributed by atoms with Crippen LogP contribution in [-0.2, 0) is 22.4 Å². The lowest BCUT2D eigenvalue weighted by Crippen LogP contribution is -2.53. The fourth-order valence-corrected chi connectivity index (χ4v) is 6.93. The fraction of sp³-hybridized carbons (Fsp3) is 0.324. The quantitative estimate of drug-likeness (QED) is 0.144. The van der Waals surface area contributed by atoms with E-state index in [1.807, 2.05) is 0 Å². The van der Waals surface area contributed by atoms with Crippen LogP contribution in [0.2, 0.25) is 10.0 Å². The highest BCUT2D eigenvalue weighted by Gasteiger charge is 2.38. The number of esters is 1. The van der Waals surface area contributed by atoms with Crippen molar-refractivity contribution in [2.24, 2.45) is 5.92 Å². The maximum atomic E-state index is 15.0. The van der Waals surface area contributed by atoms with Gasteiger partial charge in [-0.05, 0) is 84.9 Å². The number of nitrogens with zero attached hydrogens (tertiary/aromatic N) is 3. The van der Waals surface area contributed by atoms with Gasteiger partial charge in [-0.2, -0.15) is 0 Å². The molecule has 3 aliphatic heterocycles. The van der Waals surface area contributed by atoms with Crippen LogP contribution in [0.4, 0.5) is 19.3 Å². The summed E-state index contributed by atoms with van der Waals surface area (Å²) in [5.41, 5.74) is 1.66. The van der Waals surface area contributed by atoms with Gasteiger partial charge in [-0.1, -0.05) is 47.5 Å². The zero-order valence-corrected chi connectivity index (χ0v) is 28.9. The van der Waals surface area contributed by atoms with Gasteiger partial charge in [0.2, 0.25) is 0 Å². The summed E-state index contributed by atoms with van der Waals surface area (Å²) in [4.78, 5) is 34.4. The number of rotatable bonds is 11. The summed E-state index contributed by atoms with van der Waals surface area (Å²) in [6.07, 6.45) is 2.93. The van der Waals surface area contributed by atoms with E-state index in [0.717, 1.165) is 36.9 Å². The van der Waals surface area contributed by atoms with E-state index in [2.05, 4.69) is 9.88 Å². The number of halogens is 4. The first-order valence-electron chi connectivity index (χ1n) is 16.1. The van der Waals surface area contributed by atoms with E-state index in [4.69, 9.17) is 42.1 Å². The van der Waals surface area contributed by atoms with Gasteiger partial charge in [0.1, 0.15) is 12.2 Å². The van der Waals surface area contributed by atoms with Crippen molar-refractivity contribution in [2.75, 3.05) is 38.8 Å². The minimum atomic E-state index is -1.16. The van der Waals surface area contributed by atoms with E-state index in [1.165, 1.54) is 50.9 Å². The summed E-state index contributed by atoms with van der Waals surface area (Å²) < 4.78 is 52.1. The molecule has 50 heavy (non-hydrogen) atoms. The molecule has 9 nitrogen and oxygen atoms in total. The molecule has 0 spiro atoms. The maximum absolute atomic E-state index is 15.0. The molecule has 7 rings (SSSR count). The Morgan fingerprint density at radius 2 is 1.66 bits per heavy atom. The zero-order chi connectivity index (χ0) is 35.4. The van der Waals surface area contributed by atoms with E-state index < -0.39 is 29.8 Å². The van der Waals surface area contributed by atoms with Crippen molar-refractivity contribution in [2.45, 2.75) is 38.0 Å². The summed E-state index contributed by atoms with van der Waals surface area (Å²) in [7, 11) is 3.02. The van der Waals surface area contributed by atoms with Gasteiger partial charge in [0.25, 0.3) is 0 Å². The molecule has 3 saturated heterocycles. The Balaban J connectivity index is 1.22. The van der Waals surface area contributed by atoms with Crippen molar-refractivity contribution in [3.8, 4) is 11.5 Å². The molecule has 0 unspecified atom stereocenters. The zero-order valence-electron chi connectivity index (χ0n) is 27.4. The average molecular weight is 727 g/mol. The number of methoxy groups -OCH3 is 2. The number of pyridine rings is 1. The van der Waals surface area contributed by atoms with Crippen LogP contribution in [-0.4, -0.2) is 61.9 Å². The van der Waals surface area contributed by atoms with E-state index in [-0.39, 0.29) is 36.2 Å². The van der Waals surface area contributed by atoms with Gasteiger partial charge in [0, 0.05) is 25.4 Å². The normalized spacial score (nSPS) is 18.6. The Kier molecular flexibility index (Phi) is 11.1. The minimum Gasteiger partial charge on any atom is -0.493 e. The van der Waals surface area contributed by atoms with Crippen LogP contribution in [0, 0.1) is 17.6 Å². The number of hydrogen-bond donors (Lipinski definition) is 0. The predicted octanol–water partition coefficient (Wildman–Crippen LogP) is 8.06. The first kappa shape index (κ1) is 35.4.